The maximum Gasteiger partial charge on any atom is 0.314 e. The molecular formula is C21H24O4. The van der Waals surface area contributed by atoms with Crippen LogP contribution in [0.5, 0.6) is 0 Å². The standard InChI is InChI=1S/C21H24O4/c1-24-18(22)20-14-7-3-2-4-8(7)15-12(14)13-16(20)9-5-6-10-11(9)17(13)21(15,20)19(23)25-10/h7-17H,2-6H2,1H3/t7-,8+,9-,10-,11-,12-,13-,14+,15-,16+,17+,20-,21+/m1/s1. The van der Waals surface area contributed by atoms with E-state index in [0.717, 1.165) is 12.8 Å². The van der Waals surface area contributed by atoms with Crippen LogP contribution < -0.4 is 0 Å². The normalized spacial score (nSPS) is 71.1. The summed E-state index contributed by atoms with van der Waals surface area (Å²) in [6.07, 6.45) is 6.18. The van der Waals surface area contributed by atoms with Gasteiger partial charge in [-0.3, -0.25) is 9.59 Å². The zero-order valence-corrected chi connectivity index (χ0v) is 14.5. The summed E-state index contributed by atoms with van der Waals surface area (Å²) in [5, 5.41) is 0. The molecule has 25 heavy (non-hydrogen) atoms. The fourth-order valence-electron chi connectivity index (χ4n) is 11.9. The van der Waals surface area contributed by atoms with E-state index in [1.54, 1.807) is 7.11 Å². The first-order valence-electron chi connectivity index (χ1n) is 10.5. The number of esters is 2. The fourth-order valence-corrected chi connectivity index (χ4v) is 11.9. The summed E-state index contributed by atoms with van der Waals surface area (Å²) in [7, 11) is 1.55. The van der Waals surface area contributed by atoms with Crippen molar-refractivity contribution in [3.63, 3.8) is 0 Å². The topological polar surface area (TPSA) is 52.6 Å². The smallest absolute Gasteiger partial charge is 0.314 e. The van der Waals surface area contributed by atoms with Gasteiger partial charge in [0.05, 0.1) is 17.9 Å². The average Bonchev–Trinajstić information content (AvgIpc) is 3.36. The molecule has 9 rings (SSSR count). The quantitative estimate of drug-likeness (QED) is 0.687. The number of carbonyl (C=O) groups excluding carboxylic acids is 2. The van der Waals surface area contributed by atoms with E-state index in [9.17, 15) is 9.59 Å². The predicted octanol–water partition coefficient (Wildman–Crippen LogP) is 2.27. The number of hydrogen-bond acceptors (Lipinski definition) is 4. The predicted molar refractivity (Wildman–Crippen MR) is 84.7 cm³/mol. The molecule has 0 aromatic carbocycles. The number of carbonyl (C=O) groups is 2. The lowest BCUT2D eigenvalue weighted by atomic mass is 9.43. The maximum atomic E-state index is 13.6. The lowest BCUT2D eigenvalue weighted by molar-refractivity contribution is -0.232. The van der Waals surface area contributed by atoms with Crippen LogP contribution in [0.2, 0.25) is 0 Å². The number of ether oxygens (including phenoxy) is 2. The molecule has 1 spiro atoms. The van der Waals surface area contributed by atoms with Crippen molar-refractivity contribution in [2.75, 3.05) is 7.11 Å². The second-order valence-corrected chi connectivity index (χ2v) is 10.5. The molecule has 8 saturated carbocycles. The first-order chi connectivity index (χ1) is 12.2. The van der Waals surface area contributed by atoms with Crippen LogP contribution in [0.1, 0.15) is 32.1 Å². The Bertz CT molecular complexity index is 758. The van der Waals surface area contributed by atoms with Crippen molar-refractivity contribution >= 4 is 11.9 Å². The highest BCUT2D eigenvalue weighted by Crippen LogP contribution is 2.98. The van der Waals surface area contributed by atoms with Gasteiger partial charge in [-0.1, -0.05) is 6.42 Å². The number of hydrogen-bond donors (Lipinski definition) is 0. The van der Waals surface area contributed by atoms with Gasteiger partial charge in [0.1, 0.15) is 6.10 Å². The minimum Gasteiger partial charge on any atom is -0.469 e. The Morgan fingerprint density at radius 2 is 1.68 bits per heavy atom. The largest absolute Gasteiger partial charge is 0.469 e. The van der Waals surface area contributed by atoms with Crippen LogP contribution in [0.4, 0.5) is 0 Å². The molecular weight excluding hydrogens is 316 g/mol. The van der Waals surface area contributed by atoms with Gasteiger partial charge in [-0.15, -0.1) is 0 Å². The molecule has 9 fully saturated rings. The first kappa shape index (κ1) is 13.2. The van der Waals surface area contributed by atoms with E-state index < -0.39 is 10.8 Å². The van der Waals surface area contributed by atoms with Crippen molar-refractivity contribution in [2.45, 2.75) is 38.2 Å². The first-order valence-corrected chi connectivity index (χ1v) is 10.5. The number of rotatable bonds is 1. The van der Waals surface area contributed by atoms with Crippen LogP contribution in [-0.4, -0.2) is 25.2 Å². The SMILES string of the molecule is COC(=O)[C@@]12[C@H]3[C@@H]4CC[C@H]5OC(=O)[C@]16[C@H]([C@@H]3[C@H]1[C@H]6[C@H]3CCC[C@H]3[C@@H]12)[C@H]45. The Balaban J connectivity index is 1.48. The Labute approximate surface area is 147 Å². The van der Waals surface area contributed by atoms with E-state index in [1.165, 1.54) is 19.3 Å². The van der Waals surface area contributed by atoms with Crippen molar-refractivity contribution in [2.24, 2.45) is 70.0 Å². The monoisotopic (exact) mass is 340 g/mol. The fraction of sp³-hybridized carbons (Fsp3) is 0.905. The van der Waals surface area contributed by atoms with Gasteiger partial charge in [0.15, 0.2) is 0 Å². The molecule has 1 saturated heterocycles. The Morgan fingerprint density at radius 1 is 0.960 bits per heavy atom. The van der Waals surface area contributed by atoms with Gasteiger partial charge < -0.3 is 9.47 Å². The second-order valence-electron chi connectivity index (χ2n) is 10.5. The van der Waals surface area contributed by atoms with Crippen LogP contribution >= 0.6 is 0 Å². The molecule has 8 aliphatic carbocycles. The maximum absolute atomic E-state index is 13.6. The molecule has 0 N–H and O–H groups in total. The minimum absolute atomic E-state index is 0.0253. The Morgan fingerprint density at radius 3 is 2.48 bits per heavy atom. The highest BCUT2D eigenvalue weighted by molar-refractivity contribution is 5.95. The molecule has 0 aromatic heterocycles. The van der Waals surface area contributed by atoms with Crippen LogP contribution in [0.25, 0.3) is 0 Å². The molecule has 1 aliphatic heterocycles. The Kier molecular flexibility index (Phi) is 1.79. The van der Waals surface area contributed by atoms with Crippen LogP contribution in [0.15, 0.2) is 0 Å². The molecule has 9 aliphatic rings. The molecule has 8 bridgehead atoms. The van der Waals surface area contributed by atoms with Crippen molar-refractivity contribution in [3.8, 4) is 0 Å². The summed E-state index contributed by atoms with van der Waals surface area (Å²) < 4.78 is 11.6. The lowest BCUT2D eigenvalue weighted by Crippen LogP contribution is -2.68. The molecule has 132 valence electrons. The van der Waals surface area contributed by atoms with E-state index in [2.05, 4.69) is 0 Å². The van der Waals surface area contributed by atoms with E-state index >= 15 is 0 Å². The van der Waals surface area contributed by atoms with Gasteiger partial charge >= 0.3 is 11.9 Å². The molecule has 4 heteroatoms. The van der Waals surface area contributed by atoms with E-state index in [4.69, 9.17) is 9.47 Å². The third-order valence-electron chi connectivity index (χ3n) is 11.1. The Hall–Kier alpha value is -1.06. The third-order valence-corrected chi connectivity index (χ3v) is 11.1. The van der Waals surface area contributed by atoms with Gasteiger partial charge in [-0.25, -0.2) is 0 Å². The van der Waals surface area contributed by atoms with Crippen LogP contribution in [-0.2, 0) is 19.1 Å². The lowest BCUT2D eigenvalue weighted by Gasteiger charge is -2.60. The van der Waals surface area contributed by atoms with Gasteiger partial charge in [0.25, 0.3) is 0 Å². The zero-order chi connectivity index (χ0) is 16.5. The minimum atomic E-state index is -0.508. The molecule has 0 unspecified atom stereocenters. The van der Waals surface area contributed by atoms with Crippen molar-refractivity contribution in [3.05, 3.63) is 0 Å². The van der Waals surface area contributed by atoms with E-state index in [-0.39, 0.29) is 18.0 Å². The molecule has 1 heterocycles. The zero-order valence-electron chi connectivity index (χ0n) is 14.5. The summed E-state index contributed by atoms with van der Waals surface area (Å²) in [4.78, 5) is 27.1. The molecule has 0 radical (unpaired) electrons. The van der Waals surface area contributed by atoms with Crippen LogP contribution in [0.3, 0.4) is 0 Å². The number of methoxy groups -OCH3 is 1. The molecule has 0 amide bonds. The van der Waals surface area contributed by atoms with Crippen molar-refractivity contribution in [1.29, 1.82) is 0 Å². The third kappa shape index (κ3) is 0.848. The van der Waals surface area contributed by atoms with Gasteiger partial charge in [0, 0.05) is 5.92 Å². The van der Waals surface area contributed by atoms with E-state index in [1.807, 2.05) is 0 Å². The van der Waals surface area contributed by atoms with Crippen LogP contribution in [0, 0.1) is 70.0 Å². The molecule has 0 aromatic rings. The van der Waals surface area contributed by atoms with Gasteiger partial charge in [-0.2, -0.15) is 0 Å². The van der Waals surface area contributed by atoms with Crippen molar-refractivity contribution < 1.29 is 19.1 Å². The summed E-state index contributed by atoms with van der Waals surface area (Å²) in [6, 6.07) is 0. The average molecular weight is 340 g/mol. The summed E-state index contributed by atoms with van der Waals surface area (Å²) in [5.41, 5.74) is -0.996. The summed E-state index contributed by atoms with van der Waals surface area (Å²) in [5.74, 6) is 5.53. The highest BCUT2D eigenvalue weighted by Gasteiger charge is 3.02. The molecule has 4 nitrogen and oxygen atoms in total. The summed E-state index contributed by atoms with van der Waals surface area (Å²) >= 11 is 0. The van der Waals surface area contributed by atoms with Gasteiger partial charge in [-0.05, 0) is 78.9 Å². The second kappa shape index (κ2) is 3.41. The van der Waals surface area contributed by atoms with Gasteiger partial charge in [0.2, 0.25) is 0 Å². The van der Waals surface area contributed by atoms with E-state index in [0.29, 0.717) is 59.2 Å². The highest BCUT2D eigenvalue weighted by atomic mass is 16.6. The summed E-state index contributed by atoms with van der Waals surface area (Å²) in [6.45, 7) is 0. The number of fused-ring (bicyclic) bond motifs is 1. The van der Waals surface area contributed by atoms with Crippen molar-refractivity contribution in [1.82, 2.24) is 0 Å². The molecule has 13 atom stereocenters.